The Hall–Kier alpha value is -2.65. The van der Waals surface area contributed by atoms with Crippen LogP contribution in [0.3, 0.4) is 0 Å². The topological polar surface area (TPSA) is 88.7 Å². The Balaban J connectivity index is 1.03. The SMILES string of the molecule is O=C(O)c1ccc2nc(N3C[C@H]4CC(OCc5c(-c6c(Cl)cccc6Cl)noc5C5CC5)C[C@H]4C3)sc2c1. The fraction of sp³-hybridized carbons (Fsp3) is 0.393. The van der Waals surface area contributed by atoms with Gasteiger partial charge in [-0.3, -0.25) is 0 Å². The second kappa shape index (κ2) is 9.52. The molecule has 196 valence electrons. The van der Waals surface area contributed by atoms with Gasteiger partial charge in [0, 0.05) is 30.1 Å². The van der Waals surface area contributed by atoms with E-state index in [0.29, 0.717) is 51.2 Å². The molecule has 2 aromatic carbocycles. The molecule has 1 unspecified atom stereocenters. The third-order valence-electron chi connectivity index (χ3n) is 8.03. The largest absolute Gasteiger partial charge is 0.478 e. The minimum Gasteiger partial charge on any atom is -0.478 e. The molecule has 1 saturated heterocycles. The first-order valence-corrected chi connectivity index (χ1v) is 14.4. The number of thiazole rings is 1. The molecule has 4 aromatic rings. The number of anilines is 1. The number of carbonyl (C=O) groups is 1. The van der Waals surface area contributed by atoms with Crippen LogP contribution in [0.5, 0.6) is 0 Å². The summed E-state index contributed by atoms with van der Waals surface area (Å²) in [4.78, 5) is 18.4. The van der Waals surface area contributed by atoms with Gasteiger partial charge in [-0.2, -0.15) is 0 Å². The number of rotatable bonds is 7. The quantitative estimate of drug-likeness (QED) is 0.250. The molecule has 3 heterocycles. The van der Waals surface area contributed by atoms with Crippen molar-refractivity contribution in [2.24, 2.45) is 11.8 Å². The van der Waals surface area contributed by atoms with Crippen molar-refractivity contribution in [1.82, 2.24) is 10.1 Å². The van der Waals surface area contributed by atoms with Gasteiger partial charge in [0.1, 0.15) is 11.5 Å². The van der Waals surface area contributed by atoms with Gasteiger partial charge in [0.2, 0.25) is 0 Å². The highest BCUT2D eigenvalue weighted by molar-refractivity contribution is 7.22. The highest BCUT2D eigenvalue weighted by Gasteiger charge is 2.42. The molecule has 38 heavy (non-hydrogen) atoms. The lowest BCUT2D eigenvalue weighted by atomic mass is 10.0. The molecule has 2 aromatic heterocycles. The maximum absolute atomic E-state index is 11.3. The van der Waals surface area contributed by atoms with Crippen molar-refractivity contribution < 1.29 is 19.2 Å². The van der Waals surface area contributed by atoms with Crippen molar-refractivity contribution in [1.29, 1.82) is 0 Å². The van der Waals surface area contributed by atoms with Crippen LogP contribution in [0.25, 0.3) is 21.5 Å². The Bertz CT molecular complexity index is 1510. The minimum atomic E-state index is -0.916. The molecule has 3 fully saturated rings. The van der Waals surface area contributed by atoms with Crippen LogP contribution in [0.2, 0.25) is 10.0 Å². The Morgan fingerprint density at radius 2 is 1.87 bits per heavy atom. The summed E-state index contributed by atoms with van der Waals surface area (Å²) < 4.78 is 13.2. The summed E-state index contributed by atoms with van der Waals surface area (Å²) in [6, 6.07) is 10.6. The van der Waals surface area contributed by atoms with Crippen LogP contribution in [0.1, 0.15) is 53.3 Å². The lowest BCUT2D eigenvalue weighted by Crippen LogP contribution is -2.23. The van der Waals surface area contributed by atoms with Gasteiger partial charge in [0.25, 0.3) is 0 Å². The molecule has 3 atom stereocenters. The number of hydrogen-bond donors (Lipinski definition) is 1. The lowest BCUT2D eigenvalue weighted by molar-refractivity contribution is 0.0403. The van der Waals surface area contributed by atoms with Gasteiger partial charge >= 0.3 is 5.97 Å². The molecule has 2 aliphatic carbocycles. The summed E-state index contributed by atoms with van der Waals surface area (Å²) in [5.41, 5.74) is 3.51. The van der Waals surface area contributed by atoms with Crippen molar-refractivity contribution in [3.63, 3.8) is 0 Å². The van der Waals surface area contributed by atoms with Crippen LogP contribution in [0.15, 0.2) is 40.9 Å². The number of benzene rings is 2. The van der Waals surface area contributed by atoms with E-state index < -0.39 is 5.97 Å². The highest BCUT2D eigenvalue weighted by atomic mass is 35.5. The summed E-state index contributed by atoms with van der Waals surface area (Å²) >= 11 is 14.6. The smallest absolute Gasteiger partial charge is 0.335 e. The van der Waals surface area contributed by atoms with Crippen molar-refractivity contribution in [3.05, 3.63) is 63.3 Å². The van der Waals surface area contributed by atoms with Gasteiger partial charge in [-0.05, 0) is 67.9 Å². The molecule has 2 saturated carbocycles. The molecule has 10 heteroatoms. The van der Waals surface area contributed by atoms with Gasteiger partial charge < -0.3 is 19.3 Å². The number of ether oxygens (including phenoxy) is 1. The number of fused-ring (bicyclic) bond motifs is 2. The average Bonchev–Trinajstić information content (AvgIpc) is 3.19. The first-order valence-electron chi connectivity index (χ1n) is 12.9. The predicted molar refractivity (Wildman–Crippen MR) is 148 cm³/mol. The Morgan fingerprint density at radius 3 is 2.55 bits per heavy atom. The zero-order valence-electron chi connectivity index (χ0n) is 20.4. The van der Waals surface area contributed by atoms with Crippen molar-refractivity contribution in [2.75, 3.05) is 18.0 Å². The van der Waals surface area contributed by atoms with Crippen LogP contribution in [0.4, 0.5) is 5.13 Å². The monoisotopic (exact) mass is 569 g/mol. The van der Waals surface area contributed by atoms with Gasteiger partial charge in [0.15, 0.2) is 5.13 Å². The maximum atomic E-state index is 11.3. The molecule has 1 aliphatic heterocycles. The van der Waals surface area contributed by atoms with Crippen LogP contribution in [-0.2, 0) is 11.3 Å². The van der Waals surface area contributed by atoms with E-state index in [4.69, 9.17) is 37.4 Å². The fourth-order valence-corrected chi connectivity index (χ4v) is 7.57. The van der Waals surface area contributed by atoms with E-state index in [1.807, 2.05) is 18.2 Å². The Labute approximate surface area is 233 Å². The van der Waals surface area contributed by atoms with E-state index in [2.05, 4.69) is 10.1 Å². The summed E-state index contributed by atoms with van der Waals surface area (Å²) in [5.74, 6) is 1.48. The first-order chi connectivity index (χ1) is 18.4. The van der Waals surface area contributed by atoms with Crippen LogP contribution in [-0.4, -0.2) is 40.4 Å². The number of halogens is 2. The molecule has 7 nitrogen and oxygen atoms in total. The van der Waals surface area contributed by atoms with Crippen molar-refractivity contribution in [3.8, 4) is 11.3 Å². The van der Waals surface area contributed by atoms with E-state index in [9.17, 15) is 9.90 Å². The summed E-state index contributed by atoms with van der Waals surface area (Å²) in [6.45, 7) is 2.32. The molecular formula is C28H25Cl2N3O4S. The normalized spacial score (nSPS) is 22.9. The minimum absolute atomic E-state index is 0.178. The molecule has 1 N–H and O–H groups in total. The number of carboxylic acids is 1. The zero-order chi connectivity index (χ0) is 26.0. The zero-order valence-corrected chi connectivity index (χ0v) is 22.7. The average molecular weight is 570 g/mol. The number of aromatic carboxylic acids is 1. The number of carboxylic acid groups (broad SMARTS) is 1. The highest BCUT2D eigenvalue weighted by Crippen LogP contribution is 2.47. The molecule has 0 spiro atoms. The molecule has 0 amide bonds. The Morgan fingerprint density at radius 1 is 1.13 bits per heavy atom. The summed E-state index contributed by atoms with van der Waals surface area (Å²) in [6.07, 6.45) is 4.38. The maximum Gasteiger partial charge on any atom is 0.335 e. The summed E-state index contributed by atoms with van der Waals surface area (Å²) in [5, 5.41) is 15.7. The molecule has 3 aliphatic rings. The van der Waals surface area contributed by atoms with Crippen LogP contribution in [0, 0.1) is 11.8 Å². The van der Waals surface area contributed by atoms with Gasteiger partial charge in [-0.15, -0.1) is 0 Å². The summed E-state index contributed by atoms with van der Waals surface area (Å²) in [7, 11) is 0. The standard InChI is InChI=1S/C28H25Cl2N3O4S/c29-20-2-1-3-21(30)24(20)25-19(26(37-32-25)14-4-5-14)13-36-18-8-16-11-33(12-17(16)9-18)28-31-22-7-6-15(27(34)35)10-23(22)38-28/h1-3,6-7,10,14,16-18H,4-5,8-9,11-13H2,(H,34,35)/t16-,17+,18?. The number of aromatic nitrogens is 2. The van der Waals surface area contributed by atoms with Crippen molar-refractivity contribution in [2.45, 2.75) is 44.3 Å². The van der Waals surface area contributed by atoms with Gasteiger partial charge in [0.05, 0.1) is 38.5 Å². The molecule has 0 radical (unpaired) electrons. The second-order valence-electron chi connectivity index (χ2n) is 10.6. The third kappa shape index (κ3) is 4.37. The third-order valence-corrected chi connectivity index (χ3v) is 9.74. The van der Waals surface area contributed by atoms with Crippen LogP contribution < -0.4 is 4.90 Å². The van der Waals surface area contributed by atoms with Crippen LogP contribution >= 0.6 is 34.5 Å². The van der Waals surface area contributed by atoms with E-state index in [-0.39, 0.29) is 6.10 Å². The van der Waals surface area contributed by atoms with E-state index in [1.54, 1.807) is 29.5 Å². The number of hydrogen-bond acceptors (Lipinski definition) is 7. The van der Waals surface area contributed by atoms with E-state index >= 15 is 0 Å². The van der Waals surface area contributed by atoms with Gasteiger partial charge in [-0.1, -0.05) is 45.8 Å². The predicted octanol–water partition coefficient (Wildman–Crippen LogP) is 7.27. The van der Waals surface area contributed by atoms with Crippen molar-refractivity contribution >= 4 is 55.9 Å². The van der Waals surface area contributed by atoms with Gasteiger partial charge in [-0.25, -0.2) is 9.78 Å². The first kappa shape index (κ1) is 24.4. The lowest BCUT2D eigenvalue weighted by Gasteiger charge is -2.19. The van der Waals surface area contributed by atoms with E-state index in [0.717, 1.165) is 65.4 Å². The molecule has 0 bridgehead atoms. The molecular weight excluding hydrogens is 545 g/mol. The fourth-order valence-electron chi connectivity index (χ4n) is 5.97. The molecule has 7 rings (SSSR count). The van der Waals surface area contributed by atoms with E-state index in [1.165, 1.54) is 0 Å². The number of nitrogens with zero attached hydrogens (tertiary/aromatic N) is 3. The second-order valence-corrected chi connectivity index (χ2v) is 12.4. The Kier molecular flexibility index (Phi) is 6.11.